The molecule has 0 N–H and O–H groups in total. The smallest absolute Gasteiger partial charge is 0.192 e. The summed E-state index contributed by atoms with van der Waals surface area (Å²) in [4.78, 5) is 10.6. The van der Waals surface area contributed by atoms with Gasteiger partial charge in [-0.3, -0.25) is 0 Å². The first-order valence-electron chi connectivity index (χ1n) is 6.83. The van der Waals surface area contributed by atoms with Crippen molar-refractivity contribution >= 4 is 11.8 Å². The Morgan fingerprint density at radius 2 is 1.68 bits per heavy atom. The van der Waals surface area contributed by atoms with Crippen molar-refractivity contribution in [3.05, 3.63) is 46.8 Å². The lowest BCUT2D eigenvalue weighted by atomic mass is 9.95. The number of fused-ring (bicyclic) bond motifs is 1. The number of nitrogens with zero attached hydrogens (tertiary/aromatic N) is 2. The van der Waals surface area contributed by atoms with Gasteiger partial charge < -0.3 is 0 Å². The largest absolute Gasteiger partial charge is 0.227 e. The van der Waals surface area contributed by atoms with E-state index in [0.29, 0.717) is 0 Å². The highest BCUT2D eigenvalue weighted by molar-refractivity contribution is 7.99. The van der Waals surface area contributed by atoms with Crippen LogP contribution in [0.15, 0.2) is 34.3 Å². The molecule has 0 radical (unpaired) electrons. The second-order valence-corrected chi connectivity index (χ2v) is 6.18. The summed E-state index contributed by atoms with van der Waals surface area (Å²) < 4.78 is 0. The average Bonchev–Trinajstić information content (AvgIpc) is 2.42. The Morgan fingerprint density at radius 1 is 0.947 bits per heavy atom. The third kappa shape index (κ3) is 2.81. The zero-order valence-corrected chi connectivity index (χ0v) is 12.3. The summed E-state index contributed by atoms with van der Waals surface area (Å²) >= 11 is 1.66. The molecule has 1 aromatic heterocycles. The number of aryl methyl sites for hydroxylation is 3. The predicted molar refractivity (Wildman–Crippen MR) is 78.7 cm³/mol. The van der Waals surface area contributed by atoms with Gasteiger partial charge in [0.1, 0.15) is 0 Å². The van der Waals surface area contributed by atoms with Gasteiger partial charge >= 0.3 is 0 Å². The van der Waals surface area contributed by atoms with Crippen molar-refractivity contribution in [1.82, 2.24) is 9.97 Å². The lowest BCUT2D eigenvalue weighted by Gasteiger charge is -2.17. The van der Waals surface area contributed by atoms with E-state index in [0.717, 1.165) is 18.0 Å². The van der Waals surface area contributed by atoms with Gasteiger partial charge in [0.05, 0.1) is 0 Å². The molecule has 2 aromatic rings. The predicted octanol–water partition coefficient (Wildman–Crippen LogP) is 4.12. The normalized spacial score (nSPS) is 14.2. The molecule has 0 bridgehead atoms. The van der Waals surface area contributed by atoms with Crippen molar-refractivity contribution in [1.29, 1.82) is 0 Å². The van der Waals surface area contributed by atoms with Gasteiger partial charge in [-0.05, 0) is 69.0 Å². The fourth-order valence-corrected chi connectivity index (χ4v) is 3.33. The highest BCUT2D eigenvalue weighted by Crippen LogP contribution is 2.28. The average molecular weight is 270 g/mol. The van der Waals surface area contributed by atoms with Crippen LogP contribution in [0.25, 0.3) is 0 Å². The molecule has 98 valence electrons. The lowest BCUT2D eigenvalue weighted by Crippen LogP contribution is -2.10. The van der Waals surface area contributed by atoms with Gasteiger partial charge in [0.25, 0.3) is 0 Å². The molecular formula is C16H18N2S. The van der Waals surface area contributed by atoms with Gasteiger partial charge in [0.15, 0.2) is 5.16 Å². The Kier molecular flexibility index (Phi) is 3.56. The van der Waals surface area contributed by atoms with E-state index >= 15 is 0 Å². The highest BCUT2D eigenvalue weighted by atomic mass is 32.2. The molecule has 1 heterocycles. The van der Waals surface area contributed by atoms with Crippen LogP contribution in [0.4, 0.5) is 0 Å². The molecule has 0 saturated heterocycles. The molecule has 0 saturated carbocycles. The molecule has 1 aromatic carbocycles. The van der Waals surface area contributed by atoms with Crippen molar-refractivity contribution in [2.75, 3.05) is 0 Å². The van der Waals surface area contributed by atoms with Crippen LogP contribution in [0.2, 0.25) is 0 Å². The monoisotopic (exact) mass is 270 g/mol. The lowest BCUT2D eigenvalue weighted by molar-refractivity contribution is 0.642. The first-order chi connectivity index (χ1) is 9.22. The Hall–Kier alpha value is -1.35. The number of hydrogen-bond donors (Lipinski definition) is 0. The number of aromatic nitrogens is 2. The standard InChI is InChI=1S/C16H18N2S/c1-11-7-9-13(10-8-11)19-16-17-12(2)14-5-3-4-6-15(14)18-16/h7-10H,3-6H2,1-2H3. The summed E-state index contributed by atoms with van der Waals surface area (Å²) in [6, 6.07) is 8.54. The highest BCUT2D eigenvalue weighted by Gasteiger charge is 2.15. The van der Waals surface area contributed by atoms with Gasteiger partial charge in [-0.15, -0.1) is 0 Å². The molecule has 1 aliphatic carbocycles. The van der Waals surface area contributed by atoms with E-state index in [4.69, 9.17) is 4.98 Å². The molecule has 3 rings (SSSR count). The molecule has 0 atom stereocenters. The molecule has 0 fully saturated rings. The van der Waals surface area contributed by atoms with Crippen LogP contribution in [-0.2, 0) is 12.8 Å². The Labute approximate surface area is 118 Å². The first kappa shape index (κ1) is 12.7. The zero-order valence-electron chi connectivity index (χ0n) is 11.4. The van der Waals surface area contributed by atoms with Gasteiger partial charge in [-0.25, -0.2) is 9.97 Å². The van der Waals surface area contributed by atoms with Crippen LogP contribution in [0.3, 0.4) is 0 Å². The van der Waals surface area contributed by atoms with E-state index < -0.39 is 0 Å². The van der Waals surface area contributed by atoms with Gasteiger partial charge in [-0.2, -0.15) is 0 Å². The summed E-state index contributed by atoms with van der Waals surface area (Å²) in [5, 5.41) is 0.891. The number of hydrogen-bond acceptors (Lipinski definition) is 3. The maximum absolute atomic E-state index is 4.74. The molecule has 0 spiro atoms. The Morgan fingerprint density at radius 3 is 2.47 bits per heavy atom. The van der Waals surface area contributed by atoms with Crippen molar-refractivity contribution < 1.29 is 0 Å². The maximum Gasteiger partial charge on any atom is 0.192 e. The minimum Gasteiger partial charge on any atom is -0.227 e. The fourth-order valence-electron chi connectivity index (χ4n) is 2.51. The Bertz CT molecular complexity index is 590. The topological polar surface area (TPSA) is 25.8 Å². The van der Waals surface area contributed by atoms with Crippen molar-refractivity contribution in [2.24, 2.45) is 0 Å². The van der Waals surface area contributed by atoms with Crippen molar-refractivity contribution in [3.63, 3.8) is 0 Å². The Balaban J connectivity index is 1.89. The number of rotatable bonds is 2. The molecule has 19 heavy (non-hydrogen) atoms. The van der Waals surface area contributed by atoms with Crippen LogP contribution in [0.5, 0.6) is 0 Å². The van der Waals surface area contributed by atoms with Crippen molar-refractivity contribution in [2.45, 2.75) is 49.6 Å². The zero-order chi connectivity index (χ0) is 13.2. The number of benzene rings is 1. The molecular weight excluding hydrogens is 252 g/mol. The summed E-state index contributed by atoms with van der Waals surface area (Å²) in [5.74, 6) is 0. The van der Waals surface area contributed by atoms with E-state index in [1.54, 1.807) is 11.8 Å². The van der Waals surface area contributed by atoms with E-state index in [1.807, 2.05) is 0 Å². The molecule has 1 aliphatic rings. The second-order valence-electron chi connectivity index (χ2n) is 5.14. The van der Waals surface area contributed by atoms with Crippen molar-refractivity contribution in [3.8, 4) is 0 Å². The third-order valence-corrected chi connectivity index (χ3v) is 4.47. The summed E-state index contributed by atoms with van der Waals surface area (Å²) in [7, 11) is 0. The van der Waals surface area contributed by atoms with Crippen LogP contribution < -0.4 is 0 Å². The van der Waals surface area contributed by atoms with Crippen LogP contribution >= 0.6 is 11.8 Å². The summed E-state index contributed by atoms with van der Waals surface area (Å²) in [5.41, 5.74) is 5.11. The molecule has 0 amide bonds. The summed E-state index contributed by atoms with van der Waals surface area (Å²) in [6.45, 7) is 4.22. The minimum absolute atomic E-state index is 0.891. The molecule has 3 heteroatoms. The third-order valence-electron chi connectivity index (χ3n) is 3.60. The maximum atomic E-state index is 4.74. The molecule has 0 unspecified atom stereocenters. The molecule has 0 aliphatic heterocycles. The summed E-state index contributed by atoms with van der Waals surface area (Å²) in [6.07, 6.45) is 4.80. The quantitative estimate of drug-likeness (QED) is 0.768. The van der Waals surface area contributed by atoms with E-state index in [2.05, 4.69) is 43.1 Å². The van der Waals surface area contributed by atoms with Crippen LogP contribution in [0, 0.1) is 13.8 Å². The minimum atomic E-state index is 0.891. The molecule has 2 nitrogen and oxygen atoms in total. The van der Waals surface area contributed by atoms with E-state index in [1.165, 1.54) is 40.3 Å². The first-order valence-corrected chi connectivity index (χ1v) is 7.65. The van der Waals surface area contributed by atoms with E-state index in [-0.39, 0.29) is 0 Å². The van der Waals surface area contributed by atoms with Gasteiger partial charge in [0.2, 0.25) is 0 Å². The van der Waals surface area contributed by atoms with Crippen LogP contribution in [-0.4, -0.2) is 9.97 Å². The van der Waals surface area contributed by atoms with E-state index in [9.17, 15) is 0 Å². The SMILES string of the molecule is Cc1ccc(Sc2nc(C)c3c(n2)CCCC3)cc1. The van der Waals surface area contributed by atoms with Gasteiger partial charge in [-0.1, -0.05) is 17.7 Å². The van der Waals surface area contributed by atoms with Crippen LogP contribution in [0.1, 0.15) is 35.4 Å². The fraction of sp³-hybridized carbons (Fsp3) is 0.375. The van der Waals surface area contributed by atoms with Gasteiger partial charge in [0, 0.05) is 16.3 Å². The second kappa shape index (κ2) is 5.33.